The molecule has 7 heteroatoms. The molecule has 0 saturated heterocycles. The number of aryl methyl sites for hydroxylation is 2. The van der Waals surface area contributed by atoms with Crippen molar-refractivity contribution in [2.45, 2.75) is 46.6 Å². The van der Waals surface area contributed by atoms with Crippen molar-refractivity contribution < 1.29 is 4.79 Å². The van der Waals surface area contributed by atoms with E-state index in [0.29, 0.717) is 10.3 Å². The Morgan fingerprint density at radius 1 is 1.14 bits per heavy atom. The fraction of sp³-hybridized carbons (Fsp3) is 0.318. The number of nitrogens with zero attached hydrogens (tertiary/aromatic N) is 3. The second kappa shape index (κ2) is 7.83. The summed E-state index contributed by atoms with van der Waals surface area (Å²) in [4.78, 5) is 12.8. The van der Waals surface area contributed by atoms with E-state index in [-0.39, 0.29) is 23.7 Å². The molecule has 0 aliphatic carbocycles. The van der Waals surface area contributed by atoms with Crippen LogP contribution in [0, 0.1) is 18.6 Å². The molecule has 0 amide bonds. The molecule has 3 aromatic rings. The van der Waals surface area contributed by atoms with Crippen LogP contribution in [0.25, 0.3) is 0 Å². The molecule has 0 aliphatic heterocycles. The zero-order valence-electron chi connectivity index (χ0n) is 17.5. The molecule has 6 nitrogen and oxygen atoms in total. The van der Waals surface area contributed by atoms with Gasteiger partial charge in [0.05, 0.1) is 5.69 Å². The number of nitrogens with one attached hydrogen (secondary N) is 1. The SMILES string of the molecule is Cc1ccc(C)c(C(=O)Cn2nc(N)n(Nc3ccc(C(C)(C)C)cc3)c2=S)c1. The van der Waals surface area contributed by atoms with Gasteiger partial charge in [-0.05, 0) is 60.8 Å². The van der Waals surface area contributed by atoms with Gasteiger partial charge in [0.2, 0.25) is 10.7 Å². The van der Waals surface area contributed by atoms with Crippen molar-refractivity contribution in [3.63, 3.8) is 0 Å². The topological polar surface area (TPSA) is 77.9 Å². The fourth-order valence-electron chi connectivity index (χ4n) is 3.06. The predicted octanol–water partition coefficient (Wildman–Crippen LogP) is 4.67. The lowest BCUT2D eigenvalue weighted by molar-refractivity contribution is 0.0966. The van der Waals surface area contributed by atoms with E-state index in [1.165, 1.54) is 14.9 Å². The second-order valence-electron chi connectivity index (χ2n) is 8.31. The molecule has 0 saturated carbocycles. The largest absolute Gasteiger partial charge is 0.366 e. The van der Waals surface area contributed by atoms with Crippen LogP contribution in [-0.4, -0.2) is 20.2 Å². The quantitative estimate of drug-likeness (QED) is 0.473. The van der Waals surface area contributed by atoms with Gasteiger partial charge in [0.25, 0.3) is 0 Å². The molecule has 1 heterocycles. The van der Waals surface area contributed by atoms with E-state index in [9.17, 15) is 4.79 Å². The number of Topliss-reactive ketones (excluding diaryl/α,β-unsaturated/α-hetero) is 1. The number of benzene rings is 2. The molecule has 3 N–H and O–H groups in total. The van der Waals surface area contributed by atoms with Crippen LogP contribution in [-0.2, 0) is 12.0 Å². The maximum atomic E-state index is 12.8. The van der Waals surface area contributed by atoms with E-state index < -0.39 is 0 Å². The Labute approximate surface area is 176 Å². The Morgan fingerprint density at radius 3 is 2.41 bits per heavy atom. The summed E-state index contributed by atoms with van der Waals surface area (Å²) in [5.41, 5.74) is 14.0. The first-order valence-corrected chi connectivity index (χ1v) is 9.90. The molecule has 2 aromatic carbocycles. The van der Waals surface area contributed by atoms with Crippen LogP contribution in [0.1, 0.15) is 47.8 Å². The van der Waals surface area contributed by atoms with Gasteiger partial charge in [-0.2, -0.15) is 4.68 Å². The van der Waals surface area contributed by atoms with E-state index in [1.54, 1.807) is 0 Å². The first-order chi connectivity index (χ1) is 13.6. The number of nitrogens with two attached hydrogens (primary N) is 1. The number of hydrogen-bond acceptors (Lipinski definition) is 5. The molecule has 0 fully saturated rings. The molecule has 0 bridgehead atoms. The van der Waals surface area contributed by atoms with Crippen molar-refractivity contribution in [3.05, 3.63) is 69.5 Å². The van der Waals surface area contributed by atoms with Crippen molar-refractivity contribution in [2.75, 3.05) is 11.2 Å². The molecule has 0 atom stereocenters. The third kappa shape index (κ3) is 4.56. The lowest BCUT2D eigenvalue weighted by atomic mass is 9.87. The van der Waals surface area contributed by atoms with Crippen molar-refractivity contribution in [1.29, 1.82) is 0 Å². The van der Waals surface area contributed by atoms with Crippen molar-refractivity contribution >= 4 is 29.6 Å². The van der Waals surface area contributed by atoms with Gasteiger partial charge in [-0.1, -0.05) is 50.6 Å². The van der Waals surface area contributed by atoms with Crippen LogP contribution in [0.2, 0.25) is 0 Å². The summed E-state index contributed by atoms with van der Waals surface area (Å²) in [6.45, 7) is 10.4. The van der Waals surface area contributed by atoms with E-state index in [0.717, 1.165) is 16.8 Å². The minimum absolute atomic E-state index is 0.0327. The average Bonchev–Trinajstić information content (AvgIpc) is 2.90. The predicted molar refractivity (Wildman–Crippen MR) is 120 cm³/mol. The van der Waals surface area contributed by atoms with Crippen LogP contribution in [0.4, 0.5) is 11.6 Å². The first kappa shape index (κ1) is 20.8. The fourth-order valence-corrected chi connectivity index (χ4v) is 3.31. The molecule has 0 aliphatic rings. The number of ketones is 1. The van der Waals surface area contributed by atoms with Gasteiger partial charge in [-0.3, -0.25) is 10.2 Å². The van der Waals surface area contributed by atoms with Gasteiger partial charge < -0.3 is 5.73 Å². The van der Waals surface area contributed by atoms with Gasteiger partial charge in [0, 0.05) is 5.56 Å². The highest BCUT2D eigenvalue weighted by Crippen LogP contribution is 2.23. The Hall–Kier alpha value is -2.93. The monoisotopic (exact) mass is 409 g/mol. The highest BCUT2D eigenvalue weighted by atomic mass is 32.1. The number of carbonyl (C=O) groups is 1. The molecule has 29 heavy (non-hydrogen) atoms. The summed E-state index contributed by atoms with van der Waals surface area (Å²) < 4.78 is 3.30. The molecule has 3 rings (SSSR count). The molecular weight excluding hydrogens is 382 g/mol. The van der Waals surface area contributed by atoms with Crippen LogP contribution >= 0.6 is 12.2 Å². The van der Waals surface area contributed by atoms with Crippen LogP contribution in [0.5, 0.6) is 0 Å². The summed E-state index contributed by atoms with van der Waals surface area (Å²) in [6.07, 6.45) is 0. The van der Waals surface area contributed by atoms with Crippen molar-refractivity contribution in [2.24, 2.45) is 0 Å². The smallest absolute Gasteiger partial charge is 0.240 e. The van der Waals surface area contributed by atoms with E-state index in [4.69, 9.17) is 18.0 Å². The molecule has 0 unspecified atom stereocenters. The van der Waals surface area contributed by atoms with Crippen molar-refractivity contribution in [1.82, 2.24) is 14.5 Å². The van der Waals surface area contributed by atoms with Gasteiger partial charge in [-0.15, -0.1) is 5.10 Å². The Kier molecular flexibility index (Phi) is 5.61. The summed E-state index contributed by atoms with van der Waals surface area (Å²) in [6, 6.07) is 13.9. The van der Waals surface area contributed by atoms with E-state index >= 15 is 0 Å². The number of anilines is 2. The van der Waals surface area contributed by atoms with E-state index in [2.05, 4.69) is 43.4 Å². The molecule has 1 aromatic heterocycles. The minimum Gasteiger partial charge on any atom is -0.366 e. The zero-order valence-corrected chi connectivity index (χ0v) is 18.3. The van der Waals surface area contributed by atoms with Crippen molar-refractivity contribution in [3.8, 4) is 0 Å². The lowest BCUT2D eigenvalue weighted by Gasteiger charge is -2.19. The highest BCUT2D eigenvalue weighted by molar-refractivity contribution is 7.71. The van der Waals surface area contributed by atoms with Gasteiger partial charge in [0.15, 0.2) is 5.78 Å². The van der Waals surface area contributed by atoms with Crippen LogP contribution in [0.3, 0.4) is 0 Å². The summed E-state index contributed by atoms with van der Waals surface area (Å²) in [7, 11) is 0. The Morgan fingerprint density at radius 2 is 1.79 bits per heavy atom. The lowest BCUT2D eigenvalue weighted by Crippen LogP contribution is -2.16. The normalized spacial score (nSPS) is 11.5. The number of aromatic nitrogens is 3. The number of rotatable bonds is 5. The third-order valence-electron chi connectivity index (χ3n) is 4.84. The van der Waals surface area contributed by atoms with Crippen LogP contribution in [0.15, 0.2) is 42.5 Å². The number of nitrogen functional groups attached to an aromatic ring is 1. The van der Waals surface area contributed by atoms with Gasteiger partial charge >= 0.3 is 0 Å². The third-order valence-corrected chi connectivity index (χ3v) is 5.24. The van der Waals surface area contributed by atoms with E-state index in [1.807, 2.05) is 44.2 Å². The Bertz CT molecular complexity index is 1100. The minimum atomic E-state index is -0.0542. The summed E-state index contributed by atoms with van der Waals surface area (Å²) in [5, 5.41) is 4.25. The maximum Gasteiger partial charge on any atom is 0.240 e. The van der Waals surface area contributed by atoms with Gasteiger partial charge in [-0.25, -0.2) is 4.68 Å². The first-order valence-electron chi connectivity index (χ1n) is 9.49. The maximum absolute atomic E-state index is 12.8. The second-order valence-corrected chi connectivity index (χ2v) is 8.68. The average molecular weight is 410 g/mol. The van der Waals surface area contributed by atoms with Crippen LogP contribution < -0.4 is 11.2 Å². The summed E-state index contributed by atoms with van der Waals surface area (Å²) >= 11 is 5.49. The number of hydrogen-bond donors (Lipinski definition) is 2. The number of carbonyl (C=O) groups excluding carboxylic acids is 1. The molecule has 152 valence electrons. The summed E-state index contributed by atoms with van der Waals surface area (Å²) in [5.74, 6) is 0.144. The zero-order chi connectivity index (χ0) is 21.3. The van der Waals surface area contributed by atoms with Gasteiger partial charge in [0.1, 0.15) is 6.54 Å². The molecule has 0 spiro atoms. The standard InChI is InChI=1S/C22H27N5OS/c1-14-6-7-15(2)18(12-14)19(28)13-26-21(29)27(20(23)25-26)24-17-10-8-16(9-11-17)22(3,4)5/h6-12,24H,13H2,1-5H3,(H2,23,25). The Balaban J connectivity index is 1.82. The molecule has 0 radical (unpaired) electrons. The highest BCUT2D eigenvalue weighted by Gasteiger charge is 2.16. The molecular formula is C22H27N5OS.